The van der Waals surface area contributed by atoms with Gasteiger partial charge >= 0.3 is 0 Å². The van der Waals surface area contributed by atoms with Crippen LogP contribution in [-0.2, 0) is 4.74 Å². The van der Waals surface area contributed by atoms with E-state index in [2.05, 4.69) is 21.9 Å². The summed E-state index contributed by atoms with van der Waals surface area (Å²) in [6, 6.07) is 1.15. The molecule has 1 heterocycles. The predicted molar refractivity (Wildman–Crippen MR) is 102 cm³/mol. The molecule has 1 spiro atoms. The van der Waals surface area contributed by atoms with E-state index in [1.165, 1.54) is 57.8 Å². The first-order valence-electron chi connectivity index (χ1n) is 9.91. The van der Waals surface area contributed by atoms with E-state index in [9.17, 15) is 0 Å². The lowest BCUT2D eigenvalue weighted by Crippen LogP contribution is -2.69. The Hall–Kier alpha value is -0.420. The van der Waals surface area contributed by atoms with Crippen LogP contribution < -0.4 is 10.6 Å². The molecule has 24 heavy (non-hydrogen) atoms. The predicted octanol–water partition coefficient (Wildman–Crippen LogP) is 3.17. The number of fused-ring (bicyclic) bond motifs is 2. The molecule has 0 aromatic heterocycles. The SMILES string of the molecule is CN=C(NC1CCCC(SC)C1)NC1C2CCOC2C12CCCC2. The van der Waals surface area contributed by atoms with Crippen molar-refractivity contribution < 1.29 is 4.74 Å². The van der Waals surface area contributed by atoms with Crippen LogP contribution in [0.15, 0.2) is 4.99 Å². The van der Waals surface area contributed by atoms with E-state index in [0.29, 0.717) is 29.5 Å². The van der Waals surface area contributed by atoms with Crippen LogP contribution in [0.4, 0.5) is 0 Å². The van der Waals surface area contributed by atoms with Gasteiger partial charge in [0.1, 0.15) is 0 Å². The summed E-state index contributed by atoms with van der Waals surface area (Å²) < 4.78 is 6.11. The minimum Gasteiger partial charge on any atom is -0.377 e. The van der Waals surface area contributed by atoms with Crippen LogP contribution >= 0.6 is 11.8 Å². The Morgan fingerprint density at radius 2 is 1.96 bits per heavy atom. The standard InChI is InChI=1S/C19H33N3OS/c1-20-18(21-13-6-5-7-14(12-13)24-2)22-16-15-8-11-23-17(15)19(16)9-3-4-10-19/h13-17H,3-12H2,1-2H3,(H2,20,21,22). The lowest BCUT2D eigenvalue weighted by molar-refractivity contribution is -0.125. The van der Waals surface area contributed by atoms with Crippen LogP contribution in [0.2, 0.25) is 0 Å². The van der Waals surface area contributed by atoms with Crippen LogP contribution in [-0.4, -0.2) is 49.3 Å². The molecule has 4 nitrogen and oxygen atoms in total. The van der Waals surface area contributed by atoms with Gasteiger partial charge in [-0.3, -0.25) is 4.99 Å². The monoisotopic (exact) mass is 351 g/mol. The molecule has 0 bridgehead atoms. The molecule has 5 unspecified atom stereocenters. The first-order valence-corrected chi connectivity index (χ1v) is 11.2. The minimum atomic E-state index is 0.396. The molecule has 4 aliphatic rings. The van der Waals surface area contributed by atoms with Crippen molar-refractivity contribution >= 4 is 17.7 Å². The molecule has 1 saturated heterocycles. The normalized spacial score (nSPS) is 41.1. The van der Waals surface area contributed by atoms with Crippen molar-refractivity contribution in [1.29, 1.82) is 0 Å². The fraction of sp³-hybridized carbons (Fsp3) is 0.947. The first kappa shape index (κ1) is 17.0. The van der Waals surface area contributed by atoms with Gasteiger partial charge in [0.05, 0.1) is 6.10 Å². The Morgan fingerprint density at radius 1 is 1.12 bits per heavy atom. The largest absolute Gasteiger partial charge is 0.377 e. The van der Waals surface area contributed by atoms with E-state index in [1.54, 1.807) is 0 Å². The molecule has 2 N–H and O–H groups in total. The van der Waals surface area contributed by atoms with E-state index in [0.717, 1.165) is 17.8 Å². The summed E-state index contributed by atoms with van der Waals surface area (Å²) in [7, 11) is 1.92. The van der Waals surface area contributed by atoms with Gasteiger partial charge in [-0.2, -0.15) is 11.8 Å². The van der Waals surface area contributed by atoms with Gasteiger partial charge in [-0.1, -0.05) is 19.3 Å². The molecule has 5 heteroatoms. The van der Waals surface area contributed by atoms with Crippen LogP contribution in [0.1, 0.15) is 57.8 Å². The molecule has 3 aliphatic carbocycles. The molecular weight excluding hydrogens is 318 g/mol. The highest BCUT2D eigenvalue weighted by Crippen LogP contribution is 2.60. The fourth-order valence-electron chi connectivity index (χ4n) is 5.91. The van der Waals surface area contributed by atoms with Crippen molar-refractivity contribution in [3.63, 3.8) is 0 Å². The van der Waals surface area contributed by atoms with Crippen molar-refractivity contribution in [3.8, 4) is 0 Å². The average molecular weight is 352 g/mol. The van der Waals surface area contributed by atoms with Gasteiger partial charge in [-0.15, -0.1) is 0 Å². The van der Waals surface area contributed by atoms with Crippen LogP contribution in [0.25, 0.3) is 0 Å². The summed E-state index contributed by atoms with van der Waals surface area (Å²) in [5, 5.41) is 8.39. The number of thioether (sulfide) groups is 1. The second kappa shape index (κ2) is 7.06. The third-order valence-corrected chi connectivity index (χ3v) is 8.20. The topological polar surface area (TPSA) is 45.7 Å². The lowest BCUT2D eigenvalue weighted by atomic mass is 9.54. The Balaban J connectivity index is 1.39. The average Bonchev–Trinajstić information content (AvgIpc) is 3.27. The Labute approximate surface area is 151 Å². The zero-order valence-corrected chi connectivity index (χ0v) is 16.0. The number of rotatable bonds is 3. The van der Waals surface area contributed by atoms with Gasteiger partial charge < -0.3 is 15.4 Å². The number of nitrogens with zero attached hydrogens (tertiary/aromatic N) is 1. The quantitative estimate of drug-likeness (QED) is 0.606. The van der Waals surface area contributed by atoms with E-state index in [-0.39, 0.29) is 0 Å². The zero-order valence-electron chi connectivity index (χ0n) is 15.2. The fourth-order valence-corrected chi connectivity index (χ4v) is 6.73. The Morgan fingerprint density at radius 3 is 2.71 bits per heavy atom. The summed E-state index contributed by atoms with van der Waals surface area (Å²) in [6.45, 7) is 0.958. The maximum absolute atomic E-state index is 6.11. The van der Waals surface area contributed by atoms with Crippen LogP contribution in [0, 0.1) is 11.3 Å². The van der Waals surface area contributed by atoms with Gasteiger partial charge in [-0.05, 0) is 44.8 Å². The highest BCUT2D eigenvalue weighted by molar-refractivity contribution is 7.99. The van der Waals surface area contributed by atoms with E-state index >= 15 is 0 Å². The maximum atomic E-state index is 6.11. The summed E-state index contributed by atoms with van der Waals surface area (Å²) in [5.74, 6) is 1.73. The van der Waals surface area contributed by atoms with Crippen LogP contribution in [0.3, 0.4) is 0 Å². The highest BCUT2D eigenvalue weighted by Gasteiger charge is 2.65. The summed E-state index contributed by atoms with van der Waals surface area (Å²) in [4.78, 5) is 4.57. The van der Waals surface area contributed by atoms with E-state index < -0.39 is 0 Å². The molecule has 4 rings (SSSR count). The Bertz CT molecular complexity index is 477. The molecule has 136 valence electrons. The van der Waals surface area contributed by atoms with Crippen molar-refractivity contribution in [2.75, 3.05) is 19.9 Å². The minimum absolute atomic E-state index is 0.396. The van der Waals surface area contributed by atoms with Gasteiger partial charge in [0, 0.05) is 42.3 Å². The third-order valence-electron chi connectivity index (χ3n) is 7.10. The maximum Gasteiger partial charge on any atom is 0.191 e. The molecule has 0 aromatic carbocycles. The number of hydrogen-bond donors (Lipinski definition) is 2. The second-order valence-corrected chi connectivity index (χ2v) is 9.38. The highest BCUT2D eigenvalue weighted by atomic mass is 32.2. The number of aliphatic imine (C=N–C) groups is 1. The second-order valence-electron chi connectivity index (χ2n) is 8.24. The van der Waals surface area contributed by atoms with Gasteiger partial charge in [-0.25, -0.2) is 0 Å². The van der Waals surface area contributed by atoms with Crippen LogP contribution in [0.5, 0.6) is 0 Å². The molecule has 0 radical (unpaired) electrons. The van der Waals surface area contributed by atoms with Gasteiger partial charge in [0.15, 0.2) is 5.96 Å². The number of nitrogens with one attached hydrogen (secondary N) is 2. The van der Waals surface area contributed by atoms with Gasteiger partial charge in [0.25, 0.3) is 0 Å². The number of hydrogen-bond acceptors (Lipinski definition) is 3. The Kier molecular flexibility index (Phi) is 5.01. The molecule has 4 fully saturated rings. The van der Waals surface area contributed by atoms with E-state index in [4.69, 9.17) is 4.74 Å². The van der Waals surface area contributed by atoms with Crippen molar-refractivity contribution in [2.24, 2.45) is 16.3 Å². The smallest absolute Gasteiger partial charge is 0.191 e. The summed E-state index contributed by atoms with van der Waals surface area (Å²) in [6.07, 6.45) is 14.7. The van der Waals surface area contributed by atoms with Crippen molar-refractivity contribution in [3.05, 3.63) is 0 Å². The molecule has 5 atom stereocenters. The lowest BCUT2D eigenvalue weighted by Gasteiger charge is -2.57. The molecular formula is C19H33N3OS. The molecule has 1 aliphatic heterocycles. The van der Waals surface area contributed by atoms with Crippen molar-refractivity contribution in [2.45, 2.75) is 81.2 Å². The first-order chi connectivity index (χ1) is 11.8. The third kappa shape index (κ3) is 2.86. The van der Waals surface area contributed by atoms with Gasteiger partial charge in [0.2, 0.25) is 0 Å². The number of ether oxygens (including phenoxy) is 1. The van der Waals surface area contributed by atoms with Crippen molar-refractivity contribution in [1.82, 2.24) is 10.6 Å². The summed E-state index contributed by atoms with van der Waals surface area (Å²) >= 11 is 2.02. The van der Waals surface area contributed by atoms with E-state index in [1.807, 2.05) is 18.8 Å². The molecule has 0 amide bonds. The molecule has 0 aromatic rings. The zero-order chi connectivity index (χ0) is 16.6. The summed E-state index contributed by atoms with van der Waals surface area (Å²) in [5.41, 5.74) is 0.396. The number of guanidine groups is 1. The molecule has 3 saturated carbocycles.